The fourth-order valence-electron chi connectivity index (χ4n) is 1.15. The summed E-state index contributed by atoms with van der Waals surface area (Å²) in [5, 5.41) is 11.9. The molecule has 68 valence electrons. The predicted octanol–water partition coefficient (Wildman–Crippen LogP) is 2.36. The van der Waals surface area contributed by atoms with Gasteiger partial charge in [-0.15, -0.1) is 11.6 Å². The minimum Gasteiger partial charge on any atom is -0.633 e. The van der Waals surface area contributed by atoms with Crippen molar-refractivity contribution >= 4 is 11.6 Å². The Morgan fingerprint density at radius 1 is 1.36 bits per heavy atom. The Morgan fingerprint density at radius 2 is 1.91 bits per heavy atom. The van der Waals surface area contributed by atoms with Gasteiger partial charge in [-0.3, -0.25) is 0 Å². The molecule has 0 aliphatic rings. The van der Waals surface area contributed by atoms with Gasteiger partial charge in [0.1, 0.15) is 0 Å². The molecule has 0 saturated carbocycles. The van der Waals surface area contributed by atoms with Crippen LogP contribution in [-0.4, -0.2) is 29.7 Å². The fraction of sp³-hybridized carbons (Fsp3) is 1.00. The number of rotatable bonds is 5. The molecule has 3 heteroatoms. The molecule has 0 fully saturated rings. The van der Waals surface area contributed by atoms with E-state index in [0.717, 1.165) is 6.42 Å². The Bertz CT molecular complexity index is 100. The van der Waals surface area contributed by atoms with Crippen LogP contribution in [0.15, 0.2) is 0 Å². The average Bonchev–Trinajstić information content (AvgIpc) is 1.88. The highest BCUT2D eigenvalue weighted by Crippen LogP contribution is 2.12. The third-order valence-corrected chi connectivity index (χ3v) is 2.18. The summed E-state index contributed by atoms with van der Waals surface area (Å²) in [5.41, 5.74) is 0. The maximum Gasteiger partial charge on any atom is 0.0923 e. The smallest absolute Gasteiger partial charge is 0.0923 e. The first kappa shape index (κ1) is 11.2. The van der Waals surface area contributed by atoms with Crippen molar-refractivity contribution in [2.24, 2.45) is 0 Å². The Hall–Kier alpha value is 0.210. The molecular formula is C8H18ClNO. The highest BCUT2D eigenvalue weighted by atomic mass is 35.5. The molecule has 0 aromatic carbocycles. The second-order valence-corrected chi connectivity index (χ2v) is 3.56. The maximum absolute atomic E-state index is 11.9. The van der Waals surface area contributed by atoms with Crippen LogP contribution in [0.5, 0.6) is 0 Å². The molecule has 1 unspecified atom stereocenters. The number of halogens is 1. The Morgan fingerprint density at radius 3 is 2.18 bits per heavy atom. The first-order valence-electron chi connectivity index (χ1n) is 4.20. The van der Waals surface area contributed by atoms with Gasteiger partial charge >= 0.3 is 0 Å². The molecule has 0 saturated heterocycles. The number of hydroxylamine groups is 3. The Balaban J connectivity index is 4.01. The summed E-state index contributed by atoms with van der Waals surface area (Å²) in [6.45, 7) is 7.16. The predicted molar refractivity (Wildman–Crippen MR) is 49.5 cm³/mol. The van der Waals surface area contributed by atoms with E-state index in [4.69, 9.17) is 11.6 Å². The van der Waals surface area contributed by atoms with Gasteiger partial charge in [0.05, 0.1) is 25.0 Å². The van der Waals surface area contributed by atoms with Crippen molar-refractivity contribution in [3.8, 4) is 0 Å². The van der Waals surface area contributed by atoms with Crippen LogP contribution in [0.3, 0.4) is 0 Å². The second-order valence-electron chi connectivity index (χ2n) is 3.18. The minimum absolute atomic E-state index is 0.133. The summed E-state index contributed by atoms with van der Waals surface area (Å²) < 4.78 is -0.139. The lowest BCUT2D eigenvalue weighted by atomic mass is 10.3. The van der Waals surface area contributed by atoms with Gasteiger partial charge in [0.15, 0.2) is 0 Å². The zero-order chi connectivity index (χ0) is 8.91. The zero-order valence-corrected chi connectivity index (χ0v) is 8.40. The molecule has 0 N–H and O–H groups in total. The first-order valence-corrected chi connectivity index (χ1v) is 4.74. The first-order chi connectivity index (χ1) is 5.06. The summed E-state index contributed by atoms with van der Waals surface area (Å²) in [6.07, 6.45) is 0.929. The number of quaternary nitrogens is 1. The standard InChI is InChI=1S/C8H18ClNO/c1-4-6-10(11,7-5-9)8(2)3/h8H,4-7H2,1-3H3. The highest BCUT2D eigenvalue weighted by molar-refractivity contribution is 6.17. The quantitative estimate of drug-likeness (QED) is 0.361. The molecule has 1 atom stereocenters. The van der Waals surface area contributed by atoms with Crippen LogP contribution in [0.4, 0.5) is 0 Å². The topological polar surface area (TPSA) is 23.1 Å². The van der Waals surface area contributed by atoms with E-state index in [1.165, 1.54) is 0 Å². The van der Waals surface area contributed by atoms with E-state index in [-0.39, 0.29) is 10.7 Å². The highest BCUT2D eigenvalue weighted by Gasteiger charge is 2.18. The van der Waals surface area contributed by atoms with E-state index in [9.17, 15) is 5.21 Å². The summed E-state index contributed by atoms with van der Waals surface area (Å²) in [6, 6.07) is 0.133. The van der Waals surface area contributed by atoms with Crippen molar-refractivity contribution in [3.05, 3.63) is 5.21 Å². The lowest BCUT2D eigenvalue weighted by Gasteiger charge is -2.46. The molecule has 11 heavy (non-hydrogen) atoms. The van der Waals surface area contributed by atoms with Crippen molar-refractivity contribution < 1.29 is 4.65 Å². The molecule has 0 aromatic rings. The fourth-order valence-corrected chi connectivity index (χ4v) is 1.44. The van der Waals surface area contributed by atoms with Crippen molar-refractivity contribution in [2.45, 2.75) is 33.2 Å². The van der Waals surface area contributed by atoms with Gasteiger partial charge < -0.3 is 9.85 Å². The van der Waals surface area contributed by atoms with Gasteiger partial charge in [-0.05, 0) is 20.3 Å². The van der Waals surface area contributed by atoms with Crippen LogP contribution in [0, 0.1) is 5.21 Å². The molecule has 0 heterocycles. The largest absolute Gasteiger partial charge is 0.633 e. The SMILES string of the molecule is CCC[N+]([O-])(CCCl)C(C)C. The molecule has 0 bridgehead atoms. The normalized spacial score (nSPS) is 16.9. The molecule has 0 amide bonds. The average molecular weight is 180 g/mol. The summed E-state index contributed by atoms with van der Waals surface area (Å²) >= 11 is 5.55. The Kier molecular flexibility index (Phi) is 5.06. The molecule has 2 nitrogen and oxygen atoms in total. The van der Waals surface area contributed by atoms with Crippen LogP contribution in [0.1, 0.15) is 27.2 Å². The van der Waals surface area contributed by atoms with E-state index in [1.807, 2.05) is 20.8 Å². The second kappa shape index (κ2) is 4.96. The van der Waals surface area contributed by atoms with Crippen molar-refractivity contribution in [3.63, 3.8) is 0 Å². The van der Waals surface area contributed by atoms with E-state index in [0.29, 0.717) is 19.0 Å². The van der Waals surface area contributed by atoms with Gasteiger partial charge in [-0.1, -0.05) is 6.92 Å². The van der Waals surface area contributed by atoms with Gasteiger partial charge in [-0.25, -0.2) is 0 Å². The van der Waals surface area contributed by atoms with Gasteiger partial charge in [0, 0.05) is 0 Å². The lowest BCUT2D eigenvalue weighted by Crippen LogP contribution is -2.49. The summed E-state index contributed by atoms with van der Waals surface area (Å²) in [5.74, 6) is 0.460. The van der Waals surface area contributed by atoms with Crippen LogP contribution in [-0.2, 0) is 0 Å². The maximum atomic E-state index is 11.9. The number of hydrogen-bond donors (Lipinski definition) is 0. The van der Waals surface area contributed by atoms with E-state index < -0.39 is 0 Å². The van der Waals surface area contributed by atoms with Gasteiger partial charge in [-0.2, -0.15) is 0 Å². The molecule has 0 spiro atoms. The van der Waals surface area contributed by atoms with Crippen LogP contribution in [0.25, 0.3) is 0 Å². The monoisotopic (exact) mass is 179 g/mol. The number of nitrogens with zero attached hydrogens (tertiary/aromatic N) is 1. The van der Waals surface area contributed by atoms with Gasteiger partial charge in [0.2, 0.25) is 0 Å². The molecule has 0 rings (SSSR count). The van der Waals surface area contributed by atoms with E-state index >= 15 is 0 Å². The molecule has 0 aliphatic carbocycles. The van der Waals surface area contributed by atoms with Crippen molar-refractivity contribution in [1.29, 1.82) is 0 Å². The summed E-state index contributed by atoms with van der Waals surface area (Å²) in [7, 11) is 0. The van der Waals surface area contributed by atoms with E-state index in [2.05, 4.69) is 0 Å². The molecule has 0 aromatic heterocycles. The molecule has 0 radical (unpaired) electrons. The Labute approximate surface area is 74.3 Å². The van der Waals surface area contributed by atoms with Crippen molar-refractivity contribution in [2.75, 3.05) is 19.0 Å². The van der Waals surface area contributed by atoms with Crippen LogP contribution in [0.2, 0.25) is 0 Å². The number of hydrogen-bond acceptors (Lipinski definition) is 1. The molecular weight excluding hydrogens is 162 g/mol. The number of alkyl halides is 1. The zero-order valence-electron chi connectivity index (χ0n) is 7.64. The van der Waals surface area contributed by atoms with Gasteiger partial charge in [0.25, 0.3) is 0 Å². The lowest BCUT2D eigenvalue weighted by molar-refractivity contribution is -0.899. The van der Waals surface area contributed by atoms with Crippen molar-refractivity contribution in [1.82, 2.24) is 0 Å². The third kappa shape index (κ3) is 3.41. The molecule has 0 aliphatic heterocycles. The van der Waals surface area contributed by atoms with E-state index in [1.54, 1.807) is 0 Å². The third-order valence-electron chi connectivity index (χ3n) is 2.01. The minimum atomic E-state index is -0.139. The van der Waals surface area contributed by atoms with Crippen LogP contribution < -0.4 is 0 Å². The van der Waals surface area contributed by atoms with Crippen LogP contribution >= 0.6 is 11.6 Å². The summed E-state index contributed by atoms with van der Waals surface area (Å²) in [4.78, 5) is 0.